The minimum atomic E-state index is -3.73. The molecule has 0 radical (unpaired) electrons. The Morgan fingerprint density at radius 1 is 1.04 bits per heavy atom. The van der Waals surface area contributed by atoms with Crippen molar-refractivity contribution in [2.75, 3.05) is 0 Å². The summed E-state index contributed by atoms with van der Waals surface area (Å²) in [7, 11) is -3.73. The van der Waals surface area contributed by atoms with Gasteiger partial charge < -0.3 is 0 Å². The van der Waals surface area contributed by atoms with Gasteiger partial charge in [-0.05, 0) is 37.1 Å². The second kappa shape index (κ2) is 7.23. The van der Waals surface area contributed by atoms with Gasteiger partial charge >= 0.3 is 0 Å². The van der Waals surface area contributed by atoms with E-state index in [2.05, 4.69) is 14.9 Å². The first-order valence-corrected chi connectivity index (χ1v) is 9.59. The van der Waals surface area contributed by atoms with Gasteiger partial charge in [-0.2, -0.15) is 5.10 Å². The third-order valence-electron chi connectivity index (χ3n) is 4.08. The SMILES string of the molecule is Cc1ccc(-c2ccc(=O)[nH]n2)cc1S(=O)(=O)NC(C)c1ccccc1. The van der Waals surface area contributed by atoms with E-state index in [0.717, 1.165) is 5.56 Å². The van der Waals surface area contributed by atoms with E-state index in [1.54, 1.807) is 38.1 Å². The van der Waals surface area contributed by atoms with Crippen LogP contribution >= 0.6 is 0 Å². The number of nitrogens with zero attached hydrogens (tertiary/aromatic N) is 1. The molecule has 0 aliphatic carbocycles. The zero-order valence-corrected chi connectivity index (χ0v) is 15.2. The van der Waals surface area contributed by atoms with Gasteiger partial charge in [-0.15, -0.1) is 0 Å². The van der Waals surface area contributed by atoms with Crippen molar-refractivity contribution in [2.45, 2.75) is 24.8 Å². The molecule has 1 atom stereocenters. The van der Waals surface area contributed by atoms with Gasteiger partial charge in [0.15, 0.2) is 0 Å². The minimum Gasteiger partial charge on any atom is -0.268 e. The van der Waals surface area contributed by atoms with E-state index >= 15 is 0 Å². The van der Waals surface area contributed by atoms with Crippen LogP contribution in [0.1, 0.15) is 24.1 Å². The van der Waals surface area contributed by atoms with Gasteiger partial charge in [0, 0.05) is 17.7 Å². The Morgan fingerprint density at radius 2 is 1.77 bits per heavy atom. The van der Waals surface area contributed by atoms with Crippen LogP contribution in [0.15, 0.2) is 70.4 Å². The predicted octanol–water partition coefficient (Wildman–Crippen LogP) is 2.78. The molecular formula is C19H19N3O3S. The predicted molar refractivity (Wildman–Crippen MR) is 100 cm³/mol. The average Bonchev–Trinajstić information content (AvgIpc) is 2.63. The standard InChI is InChI=1S/C19H19N3O3S/c1-13-8-9-16(17-10-11-19(23)21-20-17)12-18(13)26(24,25)22-14(2)15-6-4-3-5-7-15/h3-12,14,22H,1-2H3,(H,21,23). The van der Waals surface area contributed by atoms with Gasteiger partial charge in [-0.25, -0.2) is 18.2 Å². The summed E-state index contributed by atoms with van der Waals surface area (Å²) in [6.07, 6.45) is 0. The molecule has 1 aromatic heterocycles. The molecule has 134 valence electrons. The first-order valence-electron chi connectivity index (χ1n) is 8.11. The van der Waals surface area contributed by atoms with Crippen LogP contribution in [0.5, 0.6) is 0 Å². The van der Waals surface area contributed by atoms with E-state index in [9.17, 15) is 13.2 Å². The Balaban J connectivity index is 1.95. The van der Waals surface area contributed by atoms with E-state index in [-0.39, 0.29) is 16.5 Å². The van der Waals surface area contributed by atoms with Crippen LogP contribution in [0.3, 0.4) is 0 Å². The zero-order chi connectivity index (χ0) is 18.7. The lowest BCUT2D eigenvalue weighted by atomic mass is 10.1. The lowest BCUT2D eigenvalue weighted by Crippen LogP contribution is -2.27. The van der Waals surface area contributed by atoms with E-state index in [1.807, 2.05) is 30.3 Å². The number of rotatable bonds is 5. The highest BCUT2D eigenvalue weighted by molar-refractivity contribution is 7.89. The highest BCUT2D eigenvalue weighted by atomic mass is 32.2. The Bertz CT molecular complexity index is 1060. The Hall–Kier alpha value is -2.77. The van der Waals surface area contributed by atoms with Crippen molar-refractivity contribution in [3.63, 3.8) is 0 Å². The van der Waals surface area contributed by atoms with Crippen LogP contribution in [0.2, 0.25) is 0 Å². The van der Waals surface area contributed by atoms with E-state index in [1.165, 1.54) is 6.07 Å². The number of aromatic nitrogens is 2. The van der Waals surface area contributed by atoms with Crippen LogP contribution in [0.25, 0.3) is 11.3 Å². The number of hydrogen-bond acceptors (Lipinski definition) is 4. The number of hydrogen-bond donors (Lipinski definition) is 2. The molecule has 6 nitrogen and oxygen atoms in total. The maximum atomic E-state index is 12.9. The molecule has 0 aliphatic heterocycles. The number of nitrogens with one attached hydrogen (secondary N) is 2. The van der Waals surface area contributed by atoms with E-state index in [4.69, 9.17) is 0 Å². The van der Waals surface area contributed by atoms with Crippen molar-refractivity contribution in [2.24, 2.45) is 0 Å². The van der Waals surface area contributed by atoms with Gasteiger partial charge in [0.1, 0.15) is 0 Å². The Labute approximate surface area is 152 Å². The summed E-state index contributed by atoms with van der Waals surface area (Å²) in [5.74, 6) is 0. The van der Waals surface area contributed by atoms with Crippen molar-refractivity contribution in [3.05, 3.63) is 82.1 Å². The fourth-order valence-corrected chi connectivity index (χ4v) is 4.16. The second-order valence-corrected chi connectivity index (χ2v) is 7.72. The maximum Gasteiger partial charge on any atom is 0.264 e. The third-order valence-corrected chi connectivity index (χ3v) is 5.77. The van der Waals surface area contributed by atoms with E-state index in [0.29, 0.717) is 16.8 Å². The molecular weight excluding hydrogens is 350 g/mol. The summed E-state index contributed by atoms with van der Waals surface area (Å²) in [5, 5.41) is 6.31. The number of aromatic amines is 1. The molecule has 1 unspecified atom stereocenters. The van der Waals surface area contributed by atoms with Crippen molar-refractivity contribution in [3.8, 4) is 11.3 Å². The normalized spacial score (nSPS) is 12.7. The average molecular weight is 369 g/mol. The topological polar surface area (TPSA) is 91.9 Å². The van der Waals surface area contributed by atoms with Gasteiger partial charge in [-0.3, -0.25) is 4.79 Å². The molecule has 7 heteroatoms. The summed E-state index contributed by atoms with van der Waals surface area (Å²) in [6.45, 7) is 3.54. The quantitative estimate of drug-likeness (QED) is 0.723. The number of benzene rings is 2. The lowest BCUT2D eigenvalue weighted by Gasteiger charge is -2.16. The summed E-state index contributed by atoms with van der Waals surface area (Å²) in [6, 6.07) is 17.0. The molecule has 0 saturated carbocycles. The lowest BCUT2D eigenvalue weighted by molar-refractivity contribution is 0.566. The molecule has 0 amide bonds. The van der Waals surface area contributed by atoms with Crippen molar-refractivity contribution in [1.29, 1.82) is 0 Å². The Kier molecular flexibility index (Phi) is 5.01. The molecule has 0 bridgehead atoms. The summed E-state index contributed by atoms with van der Waals surface area (Å²) >= 11 is 0. The van der Waals surface area contributed by atoms with Crippen molar-refractivity contribution < 1.29 is 8.42 Å². The minimum absolute atomic E-state index is 0.186. The molecule has 3 rings (SSSR count). The number of H-pyrrole nitrogens is 1. The molecule has 26 heavy (non-hydrogen) atoms. The molecule has 0 fully saturated rings. The zero-order valence-electron chi connectivity index (χ0n) is 14.4. The highest BCUT2D eigenvalue weighted by Gasteiger charge is 2.21. The Morgan fingerprint density at radius 3 is 2.42 bits per heavy atom. The molecule has 0 spiro atoms. The molecule has 3 aromatic rings. The smallest absolute Gasteiger partial charge is 0.264 e. The second-order valence-electron chi connectivity index (χ2n) is 6.04. The van der Waals surface area contributed by atoms with Crippen LogP contribution in [-0.2, 0) is 10.0 Å². The summed E-state index contributed by atoms with van der Waals surface area (Å²) in [5.41, 5.74) is 2.31. The first kappa shape index (κ1) is 18.0. The molecule has 0 aliphatic rings. The van der Waals surface area contributed by atoms with Gasteiger partial charge in [0.05, 0.1) is 10.6 Å². The molecule has 2 N–H and O–H groups in total. The summed E-state index contributed by atoms with van der Waals surface area (Å²) in [4.78, 5) is 11.4. The van der Waals surface area contributed by atoms with Gasteiger partial charge in [0.25, 0.3) is 5.56 Å². The molecule has 1 heterocycles. The van der Waals surface area contributed by atoms with E-state index < -0.39 is 10.0 Å². The third kappa shape index (κ3) is 3.89. The van der Waals surface area contributed by atoms with Gasteiger partial charge in [-0.1, -0.05) is 42.5 Å². The number of aryl methyl sites for hydroxylation is 1. The highest BCUT2D eigenvalue weighted by Crippen LogP contribution is 2.24. The van der Waals surface area contributed by atoms with Crippen molar-refractivity contribution >= 4 is 10.0 Å². The summed E-state index contributed by atoms with van der Waals surface area (Å²) < 4.78 is 28.5. The van der Waals surface area contributed by atoms with Crippen LogP contribution in [-0.4, -0.2) is 18.6 Å². The monoisotopic (exact) mass is 369 g/mol. The maximum absolute atomic E-state index is 12.9. The van der Waals surface area contributed by atoms with Crippen LogP contribution in [0.4, 0.5) is 0 Å². The largest absolute Gasteiger partial charge is 0.268 e. The van der Waals surface area contributed by atoms with Crippen LogP contribution in [0, 0.1) is 6.92 Å². The van der Waals surface area contributed by atoms with Gasteiger partial charge in [0.2, 0.25) is 10.0 Å². The molecule has 0 saturated heterocycles. The van der Waals surface area contributed by atoms with Crippen LogP contribution < -0.4 is 10.3 Å². The fourth-order valence-electron chi connectivity index (χ4n) is 2.66. The first-order chi connectivity index (χ1) is 12.4. The number of sulfonamides is 1. The van der Waals surface area contributed by atoms with Crippen molar-refractivity contribution in [1.82, 2.24) is 14.9 Å². The molecule has 2 aromatic carbocycles. The fraction of sp³-hybridized carbons (Fsp3) is 0.158.